The van der Waals surface area contributed by atoms with Gasteiger partial charge in [0.15, 0.2) is 0 Å². The number of carbonyl (C=O) groups is 2. The van der Waals surface area contributed by atoms with E-state index in [4.69, 9.17) is 4.74 Å². The van der Waals surface area contributed by atoms with Gasteiger partial charge in [-0.1, -0.05) is 6.07 Å². The van der Waals surface area contributed by atoms with E-state index >= 15 is 0 Å². The summed E-state index contributed by atoms with van der Waals surface area (Å²) in [6, 6.07) is 7.41. The molecule has 1 N–H and O–H groups in total. The van der Waals surface area contributed by atoms with Crippen LogP contribution in [0.1, 0.15) is 26.3 Å². The molecule has 0 spiro atoms. The fourth-order valence-corrected chi connectivity index (χ4v) is 2.09. The Labute approximate surface area is 137 Å². The van der Waals surface area contributed by atoms with E-state index in [1.807, 2.05) is 0 Å². The summed E-state index contributed by atoms with van der Waals surface area (Å²) in [6.45, 7) is 0.0453. The summed E-state index contributed by atoms with van der Waals surface area (Å²) in [7, 11) is 2.66. The molecule has 1 amide bonds. The standard InChI is InChI=1S/C17H15F2NO4/c1-23-15-6-3-10(7-13(15)17(22)24-2)9-20-16(21)12-5-4-11(18)8-14(12)19/h3-8H,9H2,1-2H3,(H,20,21). The molecule has 2 aromatic rings. The van der Waals surface area contributed by atoms with Crippen molar-refractivity contribution >= 4 is 11.9 Å². The molecule has 0 saturated carbocycles. The summed E-state index contributed by atoms with van der Waals surface area (Å²) in [5.74, 6) is -2.64. The number of carbonyl (C=O) groups excluding carboxylic acids is 2. The fraction of sp³-hybridized carbons (Fsp3) is 0.176. The van der Waals surface area contributed by atoms with Crippen molar-refractivity contribution in [1.82, 2.24) is 5.32 Å². The van der Waals surface area contributed by atoms with Crippen LogP contribution in [0.15, 0.2) is 36.4 Å². The van der Waals surface area contributed by atoms with Crippen LogP contribution in [0, 0.1) is 11.6 Å². The monoisotopic (exact) mass is 335 g/mol. The number of hydrogen-bond acceptors (Lipinski definition) is 4. The zero-order valence-corrected chi connectivity index (χ0v) is 13.1. The maximum Gasteiger partial charge on any atom is 0.341 e. The van der Waals surface area contributed by atoms with E-state index in [0.717, 1.165) is 12.1 Å². The average Bonchev–Trinajstić information content (AvgIpc) is 2.58. The summed E-state index contributed by atoms with van der Waals surface area (Å²) in [6.07, 6.45) is 0. The zero-order valence-electron chi connectivity index (χ0n) is 13.1. The SMILES string of the molecule is COC(=O)c1cc(CNC(=O)c2ccc(F)cc2F)ccc1OC. The second kappa shape index (κ2) is 7.54. The van der Waals surface area contributed by atoms with Crippen molar-refractivity contribution in [1.29, 1.82) is 0 Å². The van der Waals surface area contributed by atoms with Crippen molar-refractivity contribution < 1.29 is 27.8 Å². The van der Waals surface area contributed by atoms with E-state index in [0.29, 0.717) is 17.4 Å². The van der Waals surface area contributed by atoms with Gasteiger partial charge in [0.25, 0.3) is 5.91 Å². The normalized spacial score (nSPS) is 10.2. The van der Waals surface area contributed by atoms with Crippen LogP contribution in [-0.2, 0) is 11.3 Å². The number of esters is 1. The largest absolute Gasteiger partial charge is 0.496 e. The number of halogens is 2. The first kappa shape index (κ1) is 17.4. The molecule has 2 rings (SSSR count). The Morgan fingerprint density at radius 1 is 1.04 bits per heavy atom. The van der Waals surface area contributed by atoms with Gasteiger partial charge >= 0.3 is 5.97 Å². The van der Waals surface area contributed by atoms with E-state index in [1.165, 1.54) is 20.3 Å². The van der Waals surface area contributed by atoms with Crippen LogP contribution >= 0.6 is 0 Å². The topological polar surface area (TPSA) is 64.6 Å². The maximum atomic E-state index is 13.6. The molecule has 126 valence electrons. The lowest BCUT2D eigenvalue weighted by atomic mass is 10.1. The first-order valence-corrected chi connectivity index (χ1v) is 6.94. The second-order valence-corrected chi connectivity index (χ2v) is 4.83. The quantitative estimate of drug-likeness (QED) is 0.853. The van der Waals surface area contributed by atoms with Crippen LogP contribution in [0.5, 0.6) is 5.75 Å². The molecule has 7 heteroatoms. The van der Waals surface area contributed by atoms with Gasteiger partial charge in [-0.3, -0.25) is 4.79 Å². The van der Waals surface area contributed by atoms with Crippen LogP contribution in [0.4, 0.5) is 8.78 Å². The van der Waals surface area contributed by atoms with Gasteiger partial charge in [-0.25, -0.2) is 13.6 Å². The van der Waals surface area contributed by atoms with Crippen LogP contribution in [0.2, 0.25) is 0 Å². The third-order valence-corrected chi connectivity index (χ3v) is 3.30. The molecular formula is C17H15F2NO4. The number of nitrogens with one attached hydrogen (secondary N) is 1. The van der Waals surface area contributed by atoms with Crippen LogP contribution in [0.25, 0.3) is 0 Å². The number of benzene rings is 2. The molecule has 0 aliphatic carbocycles. The highest BCUT2D eigenvalue weighted by atomic mass is 19.1. The van der Waals surface area contributed by atoms with Crippen LogP contribution in [-0.4, -0.2) is 26.1 Å². The lowest BCUT2D eigenvalue weighted by Gasteiger charge is -2.10. The van der Waals surface area contributed by atoms with Gasteiger partial charge in [-0.05, 0) is 29.8 Å². The predicted octanol–water partition coefficient (Wildman–Crippen LogP) is 2.69. The Morgan fingerprint density at radius 3 is 2.42 bits per heavy atom. The average molecular weight is 335 g/mol. The summed E-state index contributed by atoms with van der Waals surface area (Å²) in [4.78, 5) is 23.7. The minimum Gasteiger partial charge on any atom is -0.496 e. The van der Waals surface area contributed by atoms with Crippen molar-refractivity contribution in [3.63, 3.8) is 0 Å². The first-order chi connectivity index (χ1) is 11.5. The number of methoxy groups -OCH3 is 2. The van der Waals surface area contributed by atoms with Crippen LogP contribution < -0.4 is 10.1 Å². The van der Waals surface area contributed by atoms with Gasteiger partial charge in [-0.2, -0.15) is 0 Å². The molecule has 0 fully saturated rings. The highest BCUT2D eigenvalue weighted by Gasteiger charge is 2.15. The van der Waals surface area contributed by atoms with Gasteiger partial charge < -0.3 is 14.8 Å². The molecule has 0 bridgehead atoms. The molecule has 0 aliphatic rings. The van der Waals surface area contributed by atoms with E-state index in [2.05, 4.69) is 10.1 Å². The molecule has 24 heavy (non-hydrogen) atoms. The molecular weight excluding hydrogens is 320 g/mol. The Hall–Kier alpha value is -2.96. The molecule has 2 aromatic carbocycles. The molecule has 0 heterocycles. The highest BCUT2D eigenvalue weighted by Crippen LogP contribution is 2.21. The van der Waals surface area contributed by atoms with E-state index in [-0.39, 0.29) is 17.7 Å². The minimum atomic E-state index is -0.947. The summed E-state index contributed by atoms with van der Waals surface area (Å²) in [5, 5.41) is 2.50. The fourth-order valence-electron chi connectivity index (χ4n) is 2.09. The van der Waals surface area contributed by atoms with Gasteiger partial charge in [0.05, 0.1) is 19.8 Å². The summed E-state index contributed by atoms with van der Waals surface area (Å²) < 4.78 is 36.2. The number of rotatable bonds is 5. The van der Waals surface area contributed by atoms with Crippen molar-refractivity contribution in [3.8, 4) is 5.75 Å². The van der Waals surface area contributed by atoms with Gasteiger partial charge in [0.2, 0.25) is 0 Å². The first-order valence-electron chi connectivity index (χ1n) is 6.94. The predicted molar refractivity (Wildman–Crippen MR) is 81.9 cm³/mol. The molecule has 5 nitrogen and oxygen atoms in total. The Kier molecular flexibility index (Phi) is 5.47. The number of amides is 1. The molecule has 0 radical (unpaired) electrons. The Balaban J connectivity index is 2.14. The van der Waals surface area contributed by atoms with E-state index in [9.17, 15) is 18.4 Å². The molecule has 0 atom stereocenters. The Morgan fingerprint density at radius 2 is 1.79 bits per heavy atom. The highest BCUT2D eigenvalue weighted by molar-refractivity contribution is 5.94. The maximum absolute atomic E-state index is 13.6. The zero-order chi connectivity index (χ0) is 17.7. The second-order valence-electron chi connectivity index (χ2n) is 4.83. The third-order valence-electron chi connectivity index (χ3n) is 3.30. The van der Waals surface area contributed by atoms with Gasteiger partial charge in [0, 0.05) is 12.6 Å². The lowest BCUT2D eigenvalue weighted by Crippen LogP contribution is -2.24. The van der Waals surface area contributed by atoms with Crippen molar-refractivity contribution in [2.75, 3.05) is 14.2 Å². The van der Waals surface area contributed by atoms with Gasteiger partial charge in [-0.15, -0.1) is 0 Å². The third kappa shape index (κ3) is 3.87. The van der Waals surface area contributed by atoms with Crippen LogP contribution in [0.3, 0.4) is 0 Å². The smallest absolute Gasteiger partial charge is 0.341 e. The number of ether oxygens (including phenoxy) is 2. The van der Waals surface area contributed by atoms with Crippen molar-refractivity contribution in [2.24, 2.45) is 0 Å². The van der Waals surface area contributed by atoms with Crippen molar-refractivity contribution in [2.45, 2.75) is 6.54 Å². The summed E-state index contributed by atoms with van der Waals surface area (Å²) in [5.41, 5.74) is 0.532. The lowest BCUT2D eigenvalue weighted by molar-refractivity contribution is 0.0597. The molecule has 0 unspecified atom stereocenters. The molecule has 0 aliphatic heterocycles. The van der Waals surface area contributed by atoms with E-state index < -0.39 is 23.5 Å². The molecule has 0 saturated heterocycles. The van der Waals surface area contributed by atoms with Gasteiger partial charge in [0.1, 0.15) is 22.9 Å². The number of hydrogen-bond donors (Lipinski definition) is 1. The summed E-state index contributed by atoms with van der Waals surface area (Å²) >= 11 is 0. The minimum absolute atomic E-state index is 0.0453. The van der Waals surface area contributed by atoms with E-state index in [1.54, 1.807) is 12.1 Å². The Bertz CT molecular complexity index is 777. The molecule has 0 aromatic heterocycles. The van der Waals surface area contributed by atoms with Crippen molar-refractivity contribution in [3.05, 3.63) is 64.7 Å².